The number of hydrogen-bond acceptors (Lipinski definition) is 8. The maximum atomic E-state index is 13.3. The lowest BCUT2D eigenvalue weighted by atomic mass is 10.1. The first-order valence-electron chi connectivity index (χ1n) is 15.9. The van der Waals surface area contributed by atoms with Gasteiger partial charge in [0.1, 0.15) is 11.0 Å². The Balaban J connectivity index is 1.23. The van der Waals surface area contributed by atoms with Crippen molar-refractivity contribution in [3.05, 3.63) is 77.4 Å². The Bertz CT molecular complexity index is 1600. The lowest BCUT2D eigenvalue weighted by Gasteiger charge is -2.20. The van der Waals surface area contributed by atoms with Crippen molar-refractivity contribution in [1.82, 2.24) is 29.6 Å². The van der Waals surface area contributed by atoms with Crippen molar-refractivity contribution in [3.63, 3.8) is 0 Å². The smallest absolute Gasteiger partial charge is 0.278 e. The van der Waals surface area contributed by atoms with Gasteiger partial charge in [0, 0.05) is 37.2 Å². The summed E-state index contributed by atoms with van der Waals surface area (Å²) >= 11 is 0. The Labute approximate surface area is 259 Å². The zero-order valence-electron chi connectivity index (χ0n) is 26.3. The van der Waals surface area contributed by atoms with E-state index in [-0.39, 0.29) is 12.1 Å². The average Bonchev–Trinajstić information content (AvgIpc) is 3.63. The number of unbranched alkanes of at least 4 members (excludes halogenated alkanes) is 3. The van der Waals surface area contributed by atoms with E-state index in [4.69, 9.17) is 4.98 Å². The third-order valence-corrected chi connectivity index (χ3v) is 8.33. The fourth-order valence-electron chi connectivity index (χ4n) is 5.81. The number of aliphatic hydroxyl groups is 1. The van der Waals surface area contributed by atoms with Crippen molar-refractivity contribution in [1.29, 1.82) is 0 Å². The third-order valence-electron chi connectivity index (χ3n) is 8.33. The van der Waals surface area contributed by atoms with Crippen LogP contribution in [0, 0.1) is 0 Å². The number of aromatic nitrogens is 5. The molecule has 0 atom stereocenters. The van der Waals surface area contributed by atoms with Crippen LogP contribution in [0.5, 0.6) is 0 Å². The van der Waals surface area contributed by atoms with E-state index in [1.807, 2.05) is 12.1 Å². The molecule has 0 saturated heterocycles. The van der Waals surface area contributed by atoms with E-state index in [9.17, 15) is 9.90 Å². The van der Waals surface area contributed by atoms with Crippen molar-refractivity contribution in [3.8, 4) is 5.82 Å². The Morgan fingerprint density at radius 1 is 1.07 bits per heavy atom. The number of pyridine rings is 1. The van der Waals surface area contributed by atoms with E-state index in [0.717, 1.165) is 30.5 Å². The summed E-state index contributed by atoms with van der Waals surface area (Å²) in [6.07, 6.45) is 13.6. The largest absolute Gasteiger partial charge is 0.384 e. The molecular formula is C34H46N8O2. The summed E-state index contributed by atoms with van der Waals surface area (Å²) in [4.78, 5) is 29.4. The number of nitrogens with zero attached hydrogens (tertiary/aromatic N) is 6. The van der Waals surface area contributed by atoms with Crippen LogP contribution in [0.25, 0.3) is 16.9 Å². The van der Waals surface area contributed by atoms with Gasteiger partial charge in [-0.3, -0.25) is 4.79 Å². The standard InChI is InChI=1S/C34H46N8O2/c1-5-22-41-32(43)28-24-36-33(39-31(28)42(41)30-16-12-15-29(38-30)34(2,3)44)37-26-17-19-27(20-18-26)40(4)23-11-7-6-10-21-35-25-13-8-9-14-25/h5,12,15-20,24-25,35,44H,1,6-11,13-14,21-23H2,2-4H3,(H,36,37,39). The van der Waals surface area contributed by atoms with Crippen LogP contribution in [0.1, 0.15) is 70.9 Å². The molecule has 0 bridgehead atoms. The summed E-state index contributed by atoms with van der Waals surface area (Å²) in [5.41, 5.74) is 1.52. The number of anilines is 3. The minimum absolute atomic E-state index is 0.241. The van der Waals surface area contributed by atoms with Crippen molar-refractivity contribution in [2.45, 2.75) is 83.4 Å². The summed E-state index contributed by atoms with van der Waals surface area (Å²) in [5.74, 6) is 0.834. The monoisotopic (exact) mass is 598 g/mol. The van der Waals surface area contributed by atoms with Crippen LogP contribution in [0.15, 0.2) is 66.1 Å². The zero-order valence-corrected chi connectivity index (χ0v) is 26.3. The maximum absolute atomic E-state index is 13.3. The lowest BCUT2D eigenvalue weighted by Crippen LogP contribution is -2.26. The second kappa shape index (κ2) is 14.2. The van der Waals surface area contributed by atoms with Gasteiger partial charge in [-0.1, -0.05) is 37.8 Å². The minimum atomic E-state index is -1.14. The number of fused-ring (bicyclic) bond motifs is 1. The van der Waals surface area contributed by atoms with Gasteiger partial charge in [-0.25, -0.2) is 19.3 Å². The Kier molecular flexibility index (Phi) is 10.1. The van der Waals surface area contributed by atoms with Gasteiger partial charge < -0.3 is 20.6 Å². The summed E-state index contributed by atoms with van der Waals surface area (Å²) in [6.45, 7) is 9.59. The lowest BCUT2D eigenvalue weighted by molar-refractivity contribution is 0.0738. The predicted molar refractivity (Wildman–Crippen MR) is 178 cm³/mol. The molecule has 0 unspecified atom stereocenters. The van der Waals surface area contributed by atoms with Gasteiger partial charge in [0.25, 0.3) is 5.56 Å². The second-order valence-corrected chi connectivity index (χ2v) is 12.3. The van der Waals surface area contributed by atoms with Crippen LogP contribution in [-0.2, 0) is 12.1 Å². The van der Waals surface area contributed by atoms with E-state index in [2.05, 4.69) is 51.3 Å². The van der Waals surface area contributed by atoms with Crippen LogP contribution in [0.3, 0.4) is 0 Å². The quantitative estimate of drug-likeness (QED) is 0.119. The van der Waals surface area contributed by atoms with Crippen molar-refractivity contribution in [2.75, 3.05) is 30.4 Å². The van der Waals surface area contributed by atoms with Crippen molar-refractivity contribution in [2.24, 2.45) is 0 Å². The molecule has 234 valence electrons. The first kappa shape index (κ1) is 31.4. The van der Waals surface area contributed by atoms with E-state index in [1.165, 1.54) is 62.2 Å². The Hall–Kier alpha value is -4.02. The maximum Gasteiger partial charge on any atom is 0.278 e. The Morgan fingerprint density at radius 2 is 1.82 bits per heavy atom. The van der Waals surface area contributed by atoms with Gasteiger partial charge in [0.15, 0.2) is 11.5 Å². The Morgan fingerprint density at radius 3 is 2.55 bits per heavy atom. The summed E-state index contributed by atoms with van der Waals surface area (Å²) in [5, 5.41) is 17.9. The molecule has 44 heavy (non-hydrogen) atoms. The molecular weight excluding hydrogens is 552 g/mol. The number of benzene rings is 1. The van der Waals surface area contributed by atoms with E-state index >= 15 is 0 Å². The highest BCUT2D eigenvalue weighted by atomic mass is 16.3. The fourth-order valence-corrected chi connectivity index (χ4v) is 5.81. The van der Waals surface area contributed by atoms with E-state index < -0.39 is 5.60 Å². The van der Waals surface area contributed by atoms with Crippen LogP contribution >= 0.6 is 0 Å². The summed E-state index contributed by atoms with van der Waals surface area (Å²) in [7, 11) is 2.13. The molecule has 3 aromatic heterocycles. The highest BCUT2D eigenvalue weighted by Crippen LogP contribution is 2.23. The van der Waals surface area contributed by atoms with Crippen LogP contribution in [-0.4, -0.2) is 55.6 Å². The van der Waals surface area contributed by atoms with Gasteiger partial charge in [0.05, 0.1) is 12.2 Å². The molecule has 0 spiro atoms. The van der Waals surface area contributed by atoms with Crippen LogP contribution in [0.2, 0.25) is 0 Å². The first-order chi connectivity index (χ1) is 21.2. The molecule has 1 aliphatic rings. The molecule has 1 aliphatic carbocycles. The molecule has 1 fully saturated rings. The normalized spacial score (nSPS) is 13.9. The molecule has 10 nitrogen and oxygen atoms in total. The minimum Gasteiger partial charge on any atom is -0.384 e. The number of hydrogen-bond donors (Lipinski definition) is 3. The molecule has 0 aliphatic heterocycles. The third kappa shape index (κ3) is 7.54. The van der Waals surface area contributed by atoms with Crippen LogP contribution in [0.4, 0.5) is 17.3 Å². The molecule has 10 heteroatoms. The second-order valence-electron chi connectivity index (χ2n) is 12.3. The first-order valence-corrected chi connectivity index (χ1v) is 15.9. The molecule has 4 aromatic rings. The van der Waals surface area contributed by atoms with Crippen molar-refractivity contribution < 1.29 is 5.11 Å². The van der Waals surface area contributed by atoms with Crippen molar-refractivity contribution >= 4 is 28.4 Å². The predicted octanol–water partition coefficient (Wildman–Crippen LogP) is 5.66. The van der Waals surface area contributed by atoms with Gasteiger partial charge in [-0.2, -0.15) is 4.98 Å². The molecule has 0 amide bonds. The number of allylic oxidation sites excluding steroid dienone is 1. The van der Waals surface area contributed by atoms with Gasteiger partial charge in [-0.15, -0.1) is 6.58 Å². The van der Waals surface area contributed by atoms with Crippen LogP contribution < -0.4 is 21.1 Å². The topological polar surface area (TPSA) is 113 Å². The van der Waals surface area contributed by atoms with Gasteiger partial charge in [0.2, 0.25) is 5.95 Å². The molecule has 3 N–H and O–H groups in total. The number of rotatable bonds is 15. The highest BCUT2D eigenvalue weighted by molar-refractivity contribution is 5.77. The highest BCUT2D eigenvalue weighted by Gasteiger charge is 2.22. The molecule has 1 aromatic carbocycles. The molecule has 1 saturated carbocycles. The summed E-state index contributed by atoms with van der Waals surface area (Å²) in [6, 6.07) is 14.3. The zero-order chi connectivity index (χ0) is 31.1. The molecule has 0 radical (unpaired) electrons. The number of nitrogens with one attached hydrogen (secondary N) is 2. The summed E-state index contributed by atoms with van der Waals surface area (Å²) < 4.78 is 3.18. The molecule has 3 heterocycles. The molecule has 5 rings (SSSR count). The van der Waals surface area contributed by atoms with E-state index in [1.54, 1.807) is 42.8 Å². The average molecular weight is 599 g/mol. The fraction of sp³-hybridized carbons (Fsp3) is 0.471. The van der Waals surface area contributed by atoms with E-state index in [0.29, 0.717) is 28.5 Å². The van der Waals surface area contributed by atoms with Gasteiger partial charge >= 0.3 is 0 Å². The van der Waals surface area contributed by atoms with Gasteiger partial charge in [-0.05, 0) is 82.5 Å². The SMILES string of the molecule is C=CCn1c(=O)c2cnc(Nc3ccc(N(C)CCCCCCNC4CCCC4)cc3)nc2n1-c1cccc(C(C)(C)O)n1.